The number of benzene rings is 1. The van der Waals surface area contributed by atoms with Gasteiger partial charge in [0.15, 0.2) is 0 Å². The normalized spacial score (nSPS) is 13.4. The van der Waals surface area contributed by atoms with Crippen LogP contribution in [-0.2, 0) is 9.59 Å². The lowest BCUT2D eigenvalue weighted by atomic mass is 10.0. The number of nitrogens with zero attached hydrogens (tertiary/aromatic N) is 1. The van der Waals surface area contributed by atoms with Crippen LogP contribution in [0.2, 0.25) is 0 Å². The summed E-state index contributed by atoms with van der Waals surface area (Å²) in [5, 5.41) is 33.8. The molecule has 30 heavy (non-hydrogen) atoms. The first-order valence-electron chi connectivity index (χ1n) is 8.77. The second-order valence-corrected chi connectivity index (χ2v) is 6.55. The molecule has 0 saturated carbocycles. The second-order valence-electron chi connectivity index (χ2n) is 6.55. The molecular weight excluding hydrogens is 392 g/mol. The molecule has 1 aromatic heterocycles. The molecule has 0 spiro atoms. The summed E-state index contributed by atoms with van der Waals surface area (Å²) in [5.74, 6) is -2.29. The Kier molecular flexibility index (Phi) is 7.04. The van der Waals surface area contributed by atoms with Crippen molar-refractivity contribution in [1.29, 1.82) is 5.41 Å². The van der Waals surface area contributed by atoms with Crippen molar-refractivity contribution >= 4 is 29.4 Å². The van der Waals surface area contributed by atoms with Crippen molar-refractivity contribution < 1.29 is 24.6 Å². The Balaban J connectivity index is 2.03. The van der Waals surface area contributed by atoms with E-state index >= 15 is 0 Å². The van der Waals surface area contributed by atoms with Crippen molar-refractivity contribution in [3.63, 3.8) is 0 Å². The summed E-state index contributed by atoms with van der Waals surface area (Å²) in [6.07, 6.45) is 2.45. The fourth-order valence-corrected chi connectivity index (χ4v) is 2.48. The van der Waals surface area contributed by atoms with Crippen LogP contribution in [0.4, 0.5) is 10.5 Å². The van der Waals surface area contributed by atoms with Gasteiger partial charge < -0.3 is 31.9 Å². The summed E-state index contributed by atoms with van der Waals surface area (Å²) in [5.41, 5.74) is 4.26. The van der Waals surface area contributed by atoms with Crippen LogP contribution in [0.15, 0.2) is 48.8 Å². The highest BCUT2D eigenvalue weighted by Gasteiger charge is 2.34. The maximum atomic E-state index is 12.5. The standard InChI is InChI=1S/C19H22N6O5/c1-19(30,25-18(29)23-13-6-4-11(5-7-13)16(20)21)17(28)24-14(9-15(26)27)12-3-2-8-22-10-12/h2-8,10,14,30H,9H2,1H3,(H3,20,21)(H,24,28)(H,26,27)(H2,23,25,29)/t14?,19-/m0/s1. The number of hydrogen-bond donors (Lipinski definition) is 7. The third-order valence-corrected chi connectivity index (χ3v) is 4.02. The quantitative estimate of drug-likeness (QED) is 0.186. The number of anilines is 1. The van der Waals surface area contributed by atoms with Crippen molar-refractivity contribution in [1.82, 2.24) is 15.6 Å². The first-order valence-corrected chi connectivity index (χ1v) is 8.77. The Bertz CT molecular complexity index is 930. The molecule has 0 aliphatic heterocycles. The summed E-state index contributed by atoms with van der Waals surface area (Å²) in [6, 6.07) is 7.37. The van der Waals surface area contributed by atoms with E-state index in [1.807, 2.05) is 0 Å². The Morgan fingerprint density at radius 3 is 2.43 bits per heavy atom. The van der Waals surface area contributed by atoms with Crippen LogP contribution in [0.5, 0.6) is 0 Å². The number of amidine groups is 1. The topological polar surface area (TPSA) is 191 Å². The average molecular weight is 414 g/mol. The van der Waals surface area contributed by atoms with Gasteiger partial charge in [-0.05, 0) is 42.8 Å². The van der Waals surface area contributed by atoms with Crippen molar-refractivity contribution in [3.05, 3.63) is 59.9 Å². The van der Waals surface area contributed by atoms with E-state index < -0.39 is 36.1 Å². The highest BCUT2D eigenvalue weighted by atomic mass is 16.4. The van der Waals surface area contributed by atoms with E-state index in [2.05, 4.69) is 20.9 Å². The Hall–Kier alpha value is -3.99. The molecule has 11 heteroatoms. The molecule has 1 heterocycles. The number of nitrogens with one attached hydrogen (secondary N) is 4. The number of aliphatic hydroxyl groups is 1. The number of amides is 3. The lowest BCUT2D eigenvalue weighted by molar-refractivity contribution is -0.142. The zero-order chi connectivity index (χ0) is 22.3. The van der Waals surface area contributed by atoms with Crippen LogP contribution >= 0.6 is 0 Å². The fraction of sp³-hybridized carbons (Fsp3) is 0.211. The predicted octanol–water partition coefficient (Wildman–Crippen LogP) is 0.528. The molecule has 1 aromatic carbocycles. The van der Waals surface area contributed by atoms with E-state index in [9.17, 15) is 19.5 Å². The smallest absolute Gasteiger partial charge is 0.321 e. The molecule has 3 amide bonds. The van der Waals surface area contributed by atoms with Crippen LogP contribution < -0.4 is 21.7 Å². The van der Waals surface area contributed by atoms with Crippen molar-refractivity contribution in [2.75, 3.05) is 5.32 Å². The third kappa shape index (κ3) is 6.27. The number of hydrogen-bond acceptors (Lipinski definition) is 6. The Morgan fingerprint density at radius 2 is 1.90 bits per heavy atom. The van der Waals surface area contributed by atoms with E-state index in [0.717, 1.165) is 6.92 Å². The summed E-state index contributed by atoms with van der Waals surface area (Å²) in [7, 11) is 0. The molecule has 8 N–H and O–H groups in total. The van der Waals surface area contributed by atoms with Crippen LogP contribution in [0, 0.1) is 5.41 Å². The molecule has 0 saturated heterocycles. The first-order chi connectivity index (χ1) is 14.1. The van der Waals surface area contributed by atoms with Gasteiger partial charge in [-0.1, -0.05) is 6.07 Å². The zero-order valence-electron chi connectivity index (χ0n) is 16.0. The number of carbonyl (C=O) groups excluding carboxylic acids is 2. The van der Waals surface area contributed by atoms with E-state index in [-0.39, 0.29) is 5.84 Å². The van der Waals surface area contributed by atoms with Crippen molar-refractivity contribution in [2.45, 2.75) is 25.1 Å². The van der Waals surface area contributed by atoms with E-state index in [1.165, 1.54) is 36.7 Å². The lowest BCUT2D eigenvalue weighted by Gasteiger charge is -2.26. The van der Waals surface area contributed by atoms with Crippen LogP contribution in [0.25, 0.3) is 0 Å². The Morgan fingerprint density at radius 1 is 1.23 bits per heavy atom. The van der Waals surface area contributed by atoms with E-state index in [4.69, 9.17) is 16.2 Å². The van der Waals surface area contributed by atoms with E-state index in [0.29, 0.717) is 16.8 Å². The fourth-order valence-electron chi connectivity index (χ4n) is 2.48. The van der Waals surface area contributed by atoms with Gasteiger partial charge in [-0.25, -0.2) is 4.79 Å². The average Bonchev–Trinajstić information content (AvgIpc) is 2.67. The minimum atomic E-state index is -2.33. The summed E-state index contributed by atoms with van der Waals surface area (Å²) >= 11 is 0. The highest BCUT2D eigenvalue weighted by molar-refractivity contribution is 5.97. The molecule has 0 radical (unpaired) electrons. The summed E-state index contributed by atoms with van der Waals surface area (Å²) in [4.78, 5) is 39.6. The number of carboxylic acids is 1. The number of pyridine rings is 1. The Labute approximate surface area is 171 Å². The first kappa shape index (κ1) is 22.3. The summed E-state index contributed by atoms with van der Waals surface area (Å²) in [6.45, 7) is 1.06. The molecular formula is C19H22N6O5. The third-order valence-electron chi connectivity index (χ3n) is 4.02. The molecule has 0 fully saturated rings. The number of carboxylic acid groups (broad SMARTS) is 1. The lowest BCUT2D eigenvalue weighted by Crippen LogP contribution is -2.58. The largest absolute Gasteiger partial charge is 0.481 e. The predicted molar refractivity (Wildman–Crippen MR) is 108 cm³/mol. The number of nitrogen functional groups attached to an aromatic ring is 1. The monoisotopic (exact) mass is 414 g/mol. The minimum absolute atomic E-state index is 0.130. The highest BCUT2D eigenvalue weighted by Crippen LogP contribution is 2.17. The maximum absolute atomic E-state index is 12.5. The van der Waals surface area contributed by atoms with Gasteiger partial charge in [-0.15, -0.1) is 0 Å². The molecule has 158 valence electrons. The zero-order valence-corrected chi connectivity index (χ0v) is 16.0. The molecule has 1 unspecified atom stereocenters. The van der Waals surface area contributed by atoms with Gasteiger partial charge in [0.2, 0.25) is 5.72 Å². The molecule has 11 nitrogen and oxygen atoms in total. The van der Waals surface area contributed by atoms with Gasteiger partial charge in [0.05, 0.1) is 12.5 Å². The van der Waals surface area contributed by atoms with Crippen molar-refractivity contribution in [3.8, 4) is 0 Å². The van der Waals surface area contributed by atoms with Gasteiger partial charge in [-0.2, -0.15) is 0 Å². The van der Waals surface area contributed by atoms with Crippen LogP contribution in [-0.4, -0.2) is 44.7 Å². The molecule has 0 bridgehead atoms. The maximum Gasteiger partial charge on any atom is 0.321 e. The van der Waals surface area contributed by atoms with Crippen LogP contribution in [0.1, 0.15) is 30.5 Å². The number of nitrogens with two attached hydrogens (primary N) is 1. The van der Waals surface area contributed by atoms with Gasteiger partial charge in [0.25, 0.3) is 5.91 Å². The molecule has 2 atom stereocenters. The van der Waals surface area contributed by atoms with Crippen LogP contribution in [0.3, 0.4) is 0 Å². The number of urea groups is 1. The molecule has 0 aliphatic rings. The molecule has 2 rings (SSSR count). The second kappa shape index (κ2) is 9.47. The van der Waals surface area contributed by atoms with E-state index in [1.54, 1.807) is 12.1 Å². The van der Waals surface area contributed by atoms with Gasteiger partial charge in [0.1, 0.15) is 5.84 Å². The number of aromatic nitrogens is 1. The molecule has 2 aromatic rings. The summed E-state index contributed by atoms with van der Waals surface area (Å²) < 4.78 is 0. The number of carbonyl (C=O) groups is 3. The molecule has 0 aliphatic carbocycles. The number of aliphatic carboxylic acids is 1. The van der Waals surface area contributed by atoms with Crippen molar-refractivity contribution in [2.24, 2.45) is 5.73 Å². The SMILES string of the molecule is C[C@@](O)(NC(=O)Nc1ccc(C(=N)N)cc1)C(=O)NC(CC(=O)O)c1cccnc1. The van der Waals surface area contributed by atoms with Gasteiger partial charge >= 0.3 is 12.0 Å². The van der Waals surface area contributed by atoms with Gasteiger partial charge in [0, 0.05) is 23.6 Å². The number of rotatable bonds is 8. The minimum Gasteiger partial charge on any atom is -0.481 e. The van der Waals surface area contributed by atoms with Gasteiger partial charge in [-0.3, -0.25) is 20.0 Å².